The summed E-state index contributed by atoms with van der Waals surface area (Å²) in [6, 6.07) is 18.5. The summed E-state index contributed by atoms with van der Waals surface area (Å²) >= 11 is 0. The van der Waals surface area contributed by atoms with Gasteiger partial charge in [-0.1, -0.05) is 36.4 Å². The maximum absolute atomic E-state index is 13.3. The van der Waals surface area contributed by atoms with Crippen molar-refractivity contribution in [1.82, 2.24) is 3.97 Å². The highest BCUT2D eigenvalue weighted by Gasteiger charge is 2.20. The number of methoxy groups -OCH3 is 3. The average molecular weight is 478 g/mol. The van der Waals surface area contributed by atoms with Gasteiger partial charge >= 0.3 is 0 Å². The Labute approximate surface area is 197 Å². The van der Waals surface area contributed by atoms with E-state index in [0.29, 0.717) is 39.3 Å². The van der Waals surface area contributed by atoms with E-state index in [1.54, 1.807) is 60.7 Å². The van der Waals surface area contributed by atoms with Gasteiger partial charge in [-0.2, -0.15) is 0 Å². The number of fused-ring (bicyclic) bond motifs is 1. The largest absolute Gasteiger partial charge is 0.493 e. The molecule has 0 radical (unpaired) electrons. The van der Waals surface area contributed by atoms with Gasteiger partial charge in [0.15, 0.2) is 17.3 Å². The van der Waals surface area contributed by atoms with Crippen LogP contribution >= 0.6 is 0 Å². The first-order valence-corrected chi connectivity index (χ1v) is 11.8. The molecule has 0 saturated heterocycles. The maximum atomic E-state index is 13.3. The molecule has 4 rings (SSSR count). The molecule has 0 aliphatic rings. The minimum Gasteiger partial charge on any atom is -0.493 e. The summed E-state index contributed by atoms with van der Waals surface area (Å²) in [5.74, 6) is 0.815. The fourth-order valence-corrected chi connectivity index (χ4v) is 5.10. The summed E-state index contributed by atoms with van der Waals surface area (Å²) in [5, 5.41) is 0.705. The van der Waals surface area contributed by atoms with Gasteiger partial charge in [-0.3, -0.25) is 4.79 Å². The summed E-state index contributed by atoms with van der Waals surface area (Å²) in [6.07, 6.45) is 4.51. The molecule has 0 N–H and O–H groups in total. The first-order chi connectivity index (χ1) is 16.4. The Balaban J connectivity index is 1.75. The Bertz CT molecular complexity index is 1460. The molecule has 174 valence electrons. The van der Waals surface area contributed by atoms with E-state index in [0.717, 1.165) is 0 Å². The molecular weight excluding hydrogens is 454 g/mol. The van der Waals surface area contributed by atoms with Crippen molar-refractivity contribution in [3.8, 4) is 17.2 Å². The van der Waals surface area contributed by atoms with Crippen LogP contribution in [0.3, 0.4) is 0 Å². The Kier molecular flexibility index (Phi) is 6.43. The van der Waals surface area contributed by atoms with Crippen LogP contribution in [0.1, 0.15) is 15.9 Å². The normalized spacial score (nSPS) is 11.6. The lowest BCUT2D eigenvalue weighted by atomic mass is 10.1. The number of hydrogen-bond donors (Lipinski definition) is 0. The van der Waals surface area contributed by atoms with Gasteiger partial charge in [0.25, 0.3) is 10.0 Å². The summed E-state index contributed by atoms with van der Waals surface area (Å²) in [6.45, 7) is 0. The van der Waals surface area contributed by atoms with Crippen molar-refractivity contribution >= 4 is 32.8 Å². The van der Waals surface area contributed by atoms with E-state index in [-0.39, 0.29) is 10.7 Å². The molecule has 1 heterocycles. The summed E-state index contributed by atoms with van der Waals surface area (Å²) in [5.41, 5.74) is 1.45. The number of rotatable bonds is 8. The van der Waals surface area contributed by atoms with Crippen molar-refractivity contribution in [3.63, 3.8) is 0 Å². The molecule has 0 unspecified atom stereocenters. The summed E-state index contributed by atoms with van der Waals surface area (Å²) in [7, 11) is 0.628. The third kappa shape index (κ3) is 4.15. The molecule has 0 aliphatic carbocycles. The lowest BCUT2D eigenvalue weighted by Gasteiger charge is -2.13. The molecule has 0 fully saturated rings. The molecule has 8 heteroatoms. The second kappa shape index (κ2) is 9.44. The lowest BCUT2D eigenvalue weighted by Crippen LogP contribution is -2.11. The molecule has 0 saturated carbocycles. The molecule has 4 aromatic rings. The first kappa shape index (κ1) is 23.1. The quantitative estimate of drug-likeness (QED) is 0.268. The van der Waals surface area contributed by atoms with Crippen molar-refractivity contribution in [2.75, 3.05) is 21.3 Å². The number of carbonyl (C=O) groups is 1. The third-order valence-corrected chi connectivity index (χ3v) is 7.06. The van der Waals surface area contributed by atoms with Crippen LogP contribution in [0.2, 0.25) is 0 Å². The van der Waals surface area contributed by atoms with Crippen LogP contribution in [0.4, 0.5) is 0 Å². The van der Waals surface area contributed by atoms with Gasteiger partial charge in [0.1, 0.15) is 0 Å². The van der Waals surface area contributed by atoms with Gasteiger partial charge in [0.2, 0.25) is 5.75 Å². The van der Waals surface area contributed by atoms with Gasteiger partial charge in [-0.05, 0) is 42.5 Å². The Morgan fingerprint density at radius 2 is 1.47 bits per heavy atom. The molecule has 0 aliphatic heterocycles. The molecule has 0 amide bonds. The van der Waals surface area contributed by atoms with Crippen LogP contribution in [-0.2, 0) is 10.0 Å². The number of para-hydroxylation sites is 1. The molecule has 7 nitrogen and oxygen atoms in total. The topological polar surface area (TPSA) is 83.8 Å². The summed E-state index contributed by atoms with van der Waals surface area (Å²) in [4.78, 5) is 13.1. The zero-order valence-electron chi connectivity index (χ0n) is 18.9. The van der Waals surface area contributed by atoms with Crippen molar-refractivity contribution in [2.24, 2.45) is 0 Å². The Hall–Kier alpha value is -4.04. The van der Waals surface area contributed by atoms with Crippen molar-refractivity contribution in [2.45, 2.75) is 4.90 Å². The predicted octanol–water partition coefficient (Wildman–Crippen LogP) is 4.80. The minimum atomic E-state index is -3.81. The second-order valence-corrected chi connectivity index (χ2v) is 9.14. The van der Waals surface area contributed by atoms with Crippen LogP contribution in [-0.4, -0.2) is 39.5 Å². The Morgan fingerprint density at radius 3 is 2.09 bits per heavy atom. The minimum absolute atomic E-state index is 0.180. The number of ether oxygens (including phenoxy) is 3. The van der Waals surface area contributed by atoms with E-state index in [2.05, 4.69) is 0 Å². The van der Waals surface area contributed by atoms with Gasteiger partial charge in [0.05, 0.1) is 31.7 Å². The van der Waals surface area contributed by atoms with E-state index >= 15 is 0 Å². The molecular formula is C26H23NO6S. The van der Waals surface area contributed by atoms with Crippen molar-refractivity contribution in [3.05, 3.63) is 90.1 Å². The fourth-order valence-electron chi connectivity index (χ4n) is 3.70. The SMILES string of the molecule is COc1cc(C(=O)C=Cc2cn(S(=O)(=O)c3ccccc3)c3ccccc23)cc(OC)c1OC. The van der Waals surface area contributed by atoms with E-state index < -0.39 is 10.0 Å². The molecule has 3 aromatic carbocycles. The first-order valence-electron chi connectivity index (χ1n) is 10.3. The van der Waals surface area contributed by atoms with Crippen LogP contribution < -0.4 is 14.2 Å². The van der Waals surface area contributed by atoms with Gasteiger partial charge < -0.3 is 14.2 Å². The molecule has 34 heavy (non-hydrogen) atoms. The molecule has 0 bridgehead atoms. The van der Waals surface area contributed by atoms with E-state index in [4.69, 9.17) is 14.2 Å². The second-order valence-electron chi connectivity index (χ2n) is 7.33. The highest BCUT2D eigenvalue weighted by Crippen LogP contribution is 2.38. The fraction of sp³-hybridized carbons (Fsp3) is 0.115. The van der Waals surface area contributed by atoms with Crippen LogP contribution in [0, 0.1) is 0 Å². The zero-order valence-corrected chi connectivity index (χ0v) is 19.7. The zero-order chi connectivity index (χ0) is 24.3. The van der Waals surface area contributed by atoms with Crippen molar-refractivity contribution in [1.29, 1.82) is 0 Å². The number of nitrogens with zero attached hydrogens (tertiary/aromatic N) is 1. The maximum Gasteiger partial charge on any atom is 0.268 e. The number of ketones is 1. The number of benzene rings is 3. The number of allylic oxidation sites excluding steroid dienone is 1. The smallest absolute Gasteiger partial charge is 0.268 e. The predicted molar refractivity (Wildman–Crippen MR) is 130 cm³/mol. The van der Waals surface area contributed by atoms with Gasteiger partial charge in [-0.15, -0.1) is 0 Å². The number of hydrogen-bond acceptors (Lipinski definition) is 6. The number of aromatic nitrogens is 1. The molecule has 0 atom stereocenters. The summed E-state index contributed by atoms with van der Waals surface area (Å²) < 4.78 is 43.7. The van der Waals surface area contributed by atoms with Crippen LogP contribution in [0.5, 0.6) is 17.2 Å². The average Bonchev–Trinajstić information content (AvgIpc) is 3.26. The van der Waals surface area contributed by atoms with E-state index in [1.807, 2.05) is 12.1 Å². The van der Waals surface area contributed by atoms with E-state index in [9.17, 15) is 13.2 Å². The molecule has 0 spiro atoms. The third-order valence-electron chi connectivity index (χ3n) is 5.37. The number of carbonyl (C=O) groups excluding carboxylic acids is 1. The van der Waals surface area contributed by atoms with Gasteiger partial charge in [0, 0.05) is 22.7 Å². The monoisotopic (exact) mass is 477 g/mol. The van der Waals surface area contributed by atoms with Crippen molar-refractivity contribution < 1.29 is 27.4 Å². The molecule has 1 aromatic heterocycles. The Morgan fingerprint density at radius 1 is 0.853 bits per heavy atom. The lowest BCUT2D eigenvalue weighted by molar-refractivity contribution is 0.104. The highest BCUT2D eigenvalue weighted by atomic mass is 32.2. The standard InChI is InChI=1S/C26H23NO6S/c1-31-24-15-19(16-25(32-2)26(24)33-3)23(28)14-13-18-17-27(22-12-8-7-11-21(18)22)34(29,30)20-9-5-4-6-10-20/h4-17H,1-3H3. The highest BCUT2D eigenvalue weighted by molar-refractivity contribution is 7.90. The van der Waals surface area contributed by atoms with Crippen LogP contribution in [0.25, 0.3) is 17.0 Å². The van der Waals surface area contributed by atoms with Gasteiger partial charge in [-0.25, -0.2) is 12.4 Å². The van der Waals surface area contributed by atoms with Crippen LogP contribution in [0.15, 0.2) is 83.9 Å². The van der Waals surface area contributed by atoms with E-state index in [1.165, 1.54) is 37.6 Å².